The highest BCUT2D eigenvalue weighted by Gasteiger charge is 2.12. The Morgan fingerprint density at radius 3 is 2.71 bits per heavy atom. The van der Waals surface area contributed by atoms with E-state index in [4.69, 9.17) is 22.1 Å². The predicted octanol–water partition coefficient (Wildman–Crippen LogP) is 4.18. The van der Waals surface area contributed by atoms with E-state index in [0.29, 0.717) is 16.5 Å². The molecule has 0 atom stereocenters. The highest BCUT2D eigenvalue weighted by Crippen LogP contribution is 2.26. The summed E-state index contributed by atoms with van der Waals surface area (Å²) in [5, 5.41) is 1.40. The van der Waals surface area contributed by atoms with Crippen LogP contribution < -0.4 is 10.5 Å². The summed E-state index contributed by atoms with van der Waals surface area (Å²) in [5.74, 6) is -0.0966. The number of primary amides is 1. The molecule has 0 bridgehead atoms. The van der Waals surface area contributed by atoms with Crippen LogP contribution in [0.2, 0.25) is 5.15 Å². The summed E-state index contributed by atoms with van der Waals surface area (Å²) >= 11 is 6.31. The standard InChI is InChI=1S/C19H17ClN2O2/c1-11-7-8-13-9-14(18(20)22-17(13)12(11)2)10-24-16-6-4-3-5-15(16)19(21)23/h3-9H,10H2,1-2H3,(H2,21,23). The van der Waals surface area contributed by atoms with Crippen molar-refractivity contribution in [3.05, 3.63) is 69.9 Å². The van der Waals surface area contributed by atoms with Crippen molar-refractivity contribution < 1.29 is 9.53 Å². The van der Waals surface area contributed by atoms with Gasteiger partial charge in [0.25, 0.3) is 5.91 Å². The molecule has 1 heterocycles. The Balaban J connectivity index is 1.93. The third kappa shape index (κ3) is 3.05. The van der Waals surface area contributed by atoms with E-state index in [9.17, 15) is 4.79 Å². The average molecular weight is 341 g/mol. The van der Waals surface area contributed by atoms with Crippen LogP contribution in [0, 0.1) is 13.8 Å². The van der Waals surface area contributed by atoms with Crippen LogP contribution in [0.3, 0.4) is 0 Å². The quantitative estimate of drug-likeness (QED) is 0.724. The number of nitrogens with two attached hydrogens (primary N) is 1. The van der Waals surface area contributed by atoms with Crippen molar-refractivity contribution in [1.82, 2.24) is 4.98 Å². The van der Waals surface area contributed by atoms with Crippen LogP contribution in [0.15, 0.2) is 42.5 Å². The molecule has 2 N–H and O–H groups in total. The van der Waals surface area contributed by atoms with Crippen molar-refractivity contribution in [2.24, 2.45) is 5.73 Å². The topological polar surface area (TPSA) is 65.2 Å². The number of halogens is 1. The highest BCUT2D eigenvalue weighted by molar-refractivity contribution is 6.30. The smallest absolute Gasteiger partial charge is 0.252 e. The molecule has 4 nitrogen and oxygen atoms in total. The van der Waals surface area contributed by atoms with Crippen molar-refractivity contribution in [3.8, 4) is 5.75 Å². The molecule has 0 fully saturated rings. The van der Waals surface area contributed by atoms with Crippen molar-refractivity contribution in [2.45, 2.75) is 20.5 Å². The number of carbonyl (C=O) groups excluding carboxylic acids is 1. The Morgan fingerprint density at radius 2 is 1.96 bits per heavy atom. The van der Waals surface area contributed by atoms with Crippen LogP contribution >= 0.6 is 11.6 Å². The number of ether oxygens (including phenoxy) is 1. The molecule has 1 amide bonds. The van der Waals surface area contributed by atoms with Gasteiger partial charge in [-0.3, -0.25) is 4.79 Å². The van der Waals surface area contributed by atoms with Gasteiger partial charge in [-0.2, -0.15) is 0 Å². The fraction of sp³-hybridized carbons (Fsp3) is 0.158. The number of nitrogens with zero attached hydrogens (tertiary/aromatic N) is 1. The molecular formula is C19H17ClN2O2. The molecule has 5 heteroatoms. The number of pyridine rings is 1. The molecular weight excluding hydrogens is 324 g/mol. The number of rotatable bonds is 4. The van der Waals surface area contributed by atoms with Crippen molar-refractivity contribution >= 4 is 28.4 Å². The van der Waals surface area contributed by atoms with Crippen LogP contribution in [0.25, 0.3) is 10.9 Å². The first kappa shape index (κ1) is 16.3. The fourth-order valence-corrected chi connectivity index (χ4v) is 2.75. The van der Waals surface area contributed by atoms with E-state index in [1.165, 1.54) is 5.56 Å². The second-order valence-electron chi connectivity index (χ2n) is 5.67. The minimum Gasteiger partial charge on any atom is -0.488 e. The summed E-state index contributed by atoms with van der Waals surface area (Å²) in [6.45, 7) is 4.28. The van der Waals surface area contributed by atoms with E-state index < -0.39 is 5.91 Å². The zero-order chi connectivity index (χ0) is 17.3. The van der Waals surface area contributed by atoms with Gasteiger partial charge in [-0.25, -0.2) is 4.98 Å². The molecule has 0 unspecified atom stereocenters. The van der Waals surface area contributed by atoms with E-state index >= 15 is 0 Å². The molecule has 0 saturated carbocycles. The van der Waals surface area contributed by atoms with Crippen molar-refractivity contribution in [2.75, 3.05) is 0 Å². The predicted molar refractivity (Wildman–Crippen MR) is 95.5 cm³/mol. The zero-order valence-electron chi connectivity index (χ0n) is 13.5. The maximum absolute atomic E-state index is 11.4. The second kappa shape index (κ2) is 6.49. The number of para-hydroxylation sites is 1. The first-order valence-corrected chi connectivity index (χ1v) is 7.92. The minimum atomic E-state index is -0.528. The van der Waals surface area contributed by atoms with Crippen LogP contribution in [0.4, 0.5) is 0 Å². The first-order chi connectivity index (χ1) is 11.5. The molecule has 0 spiro atoms. The lowest BCUT2D eigenvalue weighted by atomic mass is 10.0. The molecule has 0 aliphatic heterocycles. The summed E-state index contributed by atoms with van der Waals surface area (Å²) in [5.41, 5.74) is 9.63. The molecule has 0 aliphatic rings. The minimum absolute atomic E-state index is 0.207. The molecule has 3 aromatic rings. The Bertz CT molecular complexity index is 938. The van der Waals surface area contributed by atoms with Gasteiger partial charge >= 0.3 is 0 Å². The fourth-order valence-electron chi connectivity index (χ4n) is 2.56. The van der Waals surface area contributed by atoms with Gasteiger partial charge in [0.2, 0.25) is 0 Å². The number of aryl methyl sites for hydroxylation is 2. The molecule has 0 aliphatic carbocycles. The Kier molecular flexibility index (Phi) is 4.40. The lowest BCUT2D eigenvalue weighted by Gasteiger charge is -2.12. The second-order valence-corrected chi connectivity index (χ2v) is 6.02. The van der Waals surface area contributed by atoms with Gasteiger partial charge in [0.05, 0.1) is 11.1 Å². The maximum Gasteiger partial charge on any atom is 0.252 e. The van der Waals surface area contributed by atoms with Crippen molar-refractivity contribution in [3.63, 3.8) is 0 Å². The van der Waals surface area contributed by atoms with Crippen molar-refractivity contribution in [1.29, 1.82) is 0 Å². The third-order valence-corrected chi connectivity index (χ3v) is 4.40. The third-order valence-electron chi connectivity index (χ3n) is 4.07. The maximum atomic E-state index is 11.4. The lowest BCUT2D eigenvalue weighted by Crippen LogP contribution is -2.13. The van der Waals surface area contributed by atoms with Gasteiger partial charge in [0.1, 0.15) is 17.5 Å². The number of fused-ring (bicyclic) bond motifs is 1. The van der Waals surface area contributed by atoms with Crippen LogP contribution in [-0.4, -0.2) is 10.9 Å². The van der Waals surface area contributed by atoms with Gasteiger partial charge in [0, 0.05) is 10.9 Å². The lowest BCUT2D eigenvalue weighted by molar-refractivity contribution is 0.0996. The molecule has 0 saturated heterocycles. The number of amides is 1. The monoisotopic (exact) mass is 340 g/mol. The van der Waals surface area contributed by atoms with E-state index in [0.717, 1.165) is 22.0 Å². The molecule has 122 valence electrons. The van der Waals surface area contributed by atoms with Gasteiger partial charge in [-0.05, 0) is 43.2 Å². The van der Waals surface area contributed by atoms with E-state index in [-0.39, 0.29) is 6.61 Å². The summed E-state index contributed by atoms with van der Waals surface area (Å²) in [4.78, 5) is 15.9. The van der Waals surface area contributed by atoms with E-state index in [1.54, 1.807) is 24.3 Å². The van der Waals surface area contributed by atoms with Crippen LogP contribution in [0.5, 0.6) is 5.75 Å². The summed E-state index contributed by atoms with van der Waals surface area (Å²) in [6.07, 6.45) is 0. The van der Waals surface area contributed by atoms with E-state index in [2.05, 4.69) is 11.1 Å². The number of hydrogen-bond acceptors (Lipinski definition) is 3. The molecule has 1 aromatic heterocycles. The number of benzene rings is 2. The molecule has 0 radical (unpaired) electrons. The first-order valence-electron chi connectivity index (χ1n) is 7.54. The van der Waals surface area contributed by atoms with Gasteiger partial charge in [-0.15, -0.1) is 0 Å². The normalized spacial score (nSPS) is 10.8. The number of aromatic nitrogens is 1. The Morgan fingerprint density at radius 1 is 1.21 bits per heavy atom. The summed E-state index contributed by atoms with van der Waals surface area (Å²) in [6, 6.07) is 12.9. The van der Waals surface area contributed by atoms with Gasteiger partial charge < -0.3 is 10.5 Å². The molecule has 2 aromatic carbocycles. The zero-order valence-corrected chi connectivity index (χ0v) is 14.2. The average Bonchev–Trinajstić information content (AvgIpc) is 2.57. The SMILES string of the molecule is Cc1ccc2cc(COc3ccccc3C(N)=O)c(Cl)nc2c1C. The Labute approximate surface area is 145 Å². The van der Waals surface area contributed by atoms with Gasteiger partial charge in [0.15, 0.2) is 0 Å². The highest BCUT2D eigenvalue weighted by atomic mass is 35.5. The Hall–Kier alpha value is -2.59. The molecule has 24 heavy (non-hydrogen) atoms. The number of hydrogen-bond donors (Lipinski definition) is 1. The molecule has 3 rings (SSSR count). The summed E-state index contributed by atoms with van der Waals surface area (Å²) < 4.78 is 5.74. The van der Waals surface area contributed by atoms with Crippen LogP contribution in [0.1, 0.15) is 27.0 Å². The summed E-state index contributed by atoms with van der Waals surface area (Å²) in [7, 11) is 0. The van der Waals surface area contributed by atoms with Gasteiger partial charge in [-0.1, -0.05) is 35.9 Å². The largest absolute Gasteiger partial charge is 0.488 e. The van der Waals surface area contributed by atoms with E-state index in [1.807, 2.05) is 26.0 Å². The number of carbonyl (C=O) groups is 1. The van der Waals surface area contributed by atoms with Crippen LogP contribution in [-0.2, 0) is 6.61 Å².